The van der Waals surface area contributed by atoms with Crippen molar-refractivity contribution in [2.75, 3.05) is 13.2 Å². The highest BCUT2D eigenvalue weighted by Crippen LogP contribution is 2.39. The van der Waals surface area contributed by atoms with Crippen molar-refractivity contribution in [3.8, 4) is 0 Å². The molecular weight excluding hydrogens is 364 g/mol. The van der Waals surface area contributed by atoms with Crippen LogP contribution in [0.1, 0.15) is 46.5 Å². The summed E-state index contributed by atoms with van der Waals surface area (Å²) in [6.07, 6.45) is -5.17. The van der Waals surface area contributed by atoms with Crippen LogP contribution in [0.2, 0.25) is 0 Å². The second kappa shape index (κ2) is 7.82. The highest BCUT2D eigenvalue weighted by Gasteiger charge is 2.44. The van der Waals surface area contributed by atoms with Gasteiger partial charge in [-0.25, -0.2) is 0 Å². The maximum Gasteiger partial charge on any atom is 0.186 e. The first-order valence-electron chi connectivity index (χ1n) is 9.67. The predicted molar refractivity (Wildman–Crippen MR) is 101 cm³/mol. The molecule has 0 amide bonds. The smallest absolute Gasteiger partial charge is 0.186 e. The lowest BCUT2D eigenvalue weighted by atomic mass is 9.88. The van der Waals surface area contributed by atoms with Gasteiger partial charge in [0.05, 0.1) is 13.2 Å². The molecule has 0 unspecified atom stereocenters. The third-order valence-electron chi connectivity index (χ3n) is 5.97. The zero-order valence-electron chi connectivity index (χ0n) is 16.8. The lowest BCUT2D eigenvalue weighted by Crippen LogP contribution is -2.59. The predicted octanol–water partition coefficient (Wildman–Crippen LogP) is 0.427. The second-order valence-corrected chi connectivity index (χ2v) is 8.54. The third-order valence-corrected chi connectivity index (χ3v) is 5.97. The number of aliphatic hydroxyl groups is 4. The molecule has 0 radical (unpaired) electrons. The molecule has 1 aliphatic carbocycles. The van der Waals surface area contributed by atoms with E-state index in [1.54, 1.807) is 0 Å². The Kier molecular flexibility index (Phi) is 5.96. The van der Waals surface area contributed by atoms with Crippen molar-refractivity contribution in [2.45, 2.75) is 71.2 Å². The van der Waals surface area contributed by atoms with Gasteiger partial charge < -0.3 is 29.9 Å². The van der Waals surface area contributed by atoms with Crippen LogP contribution in [-0.4, -0.2) is 70.1 Å². The molecule has 156 valence electrons. The van der Waals surface area contributed by atoms with Gasteiger partial charge in [0, 0.05) is 11.0 Å². The molecular formula is C21H30O7. The number of benzene rings is 1. The summed E-state index contributed by atoms with van der Waals surface area (Å²) in [5.41, 5.74) is 4.57. The van der Waals surface area contributed by atoms with Gasteiger partial charge in [-0.15, -0.1) is 0 Å². The number of ketones is 1. The minimum absolute atomic E-state index is 0.163. The summed E-state index contributed by atoms with van der Waals surface area (Å²) in [4.78, 5) is 12.7. The number of rotatable bonds is 5. The van der Waals surface area contributed by atoms with Gasteiger partial charge in [0.15, 0.2) is 12.1 Å². The topological polar surface area (TPSA) is 116 Å². The van der Waals surface area contributed by atoms with Crippen LogP contribution in [0.5, 0.6) is 0 Å². The van der Waals surface area contributed by atoms with Crippen molar-refractivity contribution in [1.82, 2.24) is 0 Å². The Morgan fingerprint density at radius 2 is 1.86 bits per heavy atom. The average molecular weight is 394 g/mol. The van der Waals surface area contributed by atoms with Gasteiger partial charge >= 0.3 is 0 Å². The van der Waals surface area contributed by atoms with Gasteiger partial charge in [-0.05, 0) is 48.9 Å². The number of hydrogen-bond acceptors (Lipinski definition) is 7. The van der Waals surface area contributed by atoms with Crippen LogP contribution >= 0.6 is 0 Å². The Hall–Kier alpha value is -1.35. The minimum Gasteiger partial charge on any atom is -0.394 e. The Labute approximate surface area is 164 Å². The van der Waals surface area contributed by atoms with Crippen molar-refractivity contribution >= 4 is 5.78 Å². The first kappa shape index (κ1) is 21.4. The van der Waals surface area contributed by atoms with Crippen molar-refractivity contribution in [2.24, 2.45) is 5.41 Å². The molecule has 1 heterocycles. The van der Waals surface area contributed by atoms with E-state index in [0.717, 1.165) is 34.2 Å². The Bertz CT molecular complexity index is 756. The molecule has 3 rings (SSSR count). The molecule has 7 heteroatoms. The van der Waals surface area contributed by atoms with Gasteiger partial charge in [-0.2, -0.15) is 0 Å². The van der Waals surface area contributed by atoms with E-state index in [1.807, 2.05) is 27.7 Å². The molecule has 1 aliphatic heterocycles. The fourth-order valence-electron chi connectivity index (χ4n) is 4.33. The van der Waals surface area contributed by atoms with E-state index in [9.17, 15) is 25.2 Å². The fraction of sp³-hybridized carbons (Fsp3) is 0.667. The SMILES string of the molecule is Cc1cc2c(c(C)c1CCO[C@H]1O[C@@H](CO)[C@H](O)[C@H](O)[C@H]1O)C(=O)C(C)(C)C2. The molecule has 5 atom stereocenters. The number of aliphatic hydroxyl groups excluding tert-OH is 4. The maximum absolute atomic E-state index is 12.7. The molecule has 4 N–H and O–H groups in total. The third kappa shape index (κ3) is 3.63. The van der Waals surface area contributed by atoms with Gasteiger partial charge in [-0.1, -0.05) is 19.9 Å². The zero-order chi connectivity index (χ0) is 20.8. The van der Waals surface area contributed by atoms with Crippen molar-refractivity contribution in [3.05, 3.63) is 33.9 Å². The number of ether oxygens (including phenoxy) is 2. The van der Waals surface area contributed by atoms with Crippen LogP contribution in [0.15, 0.2) is 6.07 Å². The van der Waals surface area contributed by atoms with Crippen LogP contribution in [0.3, 0.4) is 0 Å². The van der Waals surface area contributed by atoms with E-state index in [4.69, 9.17) is 9.47 Å². The summed E-state index contributed by atoms with van der Waals surface area (Å²) in [6, 6.07) is 2.07. The van der Waals surface area contributed by atoms with Gasteiger partial charge in [-0.3, -0.25) is 4.79 Å². The number of carbonyl (C=O) groups excluding carboxylic acids is 1. The summed E-state index contributed by atoms with van der Waals surface area (Å²) >= 11 is 0. The fourth-order valence-corrected chi connectivity index (χ4v) is 4.33. The Morgan fingerprint density at radius 3 is 2.50 bits per heavy atom. The molecule has 1 aromatic rings. The first-order chi connectivity index (χ1) is 13.1. The van der Waals surface area contributed by atoms with Crippen molar-refractivity contribution in [3.63, 3.8) is 0 Å². The largest absolute Gasteiger partial charge is 0.394 e. The lowest BCUT2D eigenvalue weighted by Gasteiger charge is -2.39. The highest BCUT2D eigenvalue weighted by atomic mass is 16.7. The number of Topliss-reactive ketones (excluding diaryl/α,β-unsaturated/α-hetero) is 1. The Balaban J connectivity index is 1.71. The molecule has 0 bridgehead atoms. The Morgan fingerprint density at radius 1 is 1.18 bits per heavy atom. The van der Waals surface area contributed by atoms with Gasteiger partial charge in [0.1, 0.15) is 24.4 Å². The van der Waals surface area contributed by atoms with Gasteiger partial charge in [0.25, 0.3) is 0 Å². The van der Waals surface area contributed by atoms with Gasteiger partial charge in [0.2, 0.25) is 0 Å². The molecule has 7 nitrogen and oxygen atoms in total. The standard InChI is InChI=1S/C21H30O7/c1-10-7-12-8-21(3,4)19(26)15(12)11(2)13(10)5-6-27-20-18(25)17(24)16(23)14(9-22)28-20/h7,14,16-18,20,22-25H,5-6,8-9H2,1-4H3/t14-,16-,17-,18+,20-/m0/s1. The summed E-state index contributed by atoms with van der Waals surface area (Å²) in [5.74, 6) is 0.163. The number of aryl methyl sites for hydroxylation is 1. The van der Waals surface area contributed by atoms with E-state index in [1.165, 1.54) is 0 Å². The van der Waals surface area contributed by atoms with Crippen LogP contribution in [0, 0.1) is 19.3 Å². The summed E-state index contributed by atoms with van der Waals surface area (Å²) in [6.45, 7) is 7.59. The number of hydrogen-bond donors (Lipinski definition) is 4. The lowest BCUT2D eigenvalue weighted by molar-refractivity contribution is -0.300. The van der Waals surface area contributed by atoms with Crippen LogP contribution in [0.25, 0.3) is 0 Å². The van der Waals surface area contributed by atoms with Crippen LogP contribution in [-0.2, 0) is 22.3 Å². The minimum atomic E-state index is -1.46. The first-order valence-corrected chi connectivity index (χ1v) is 9.67. The summed E-state index contributed by atoms with van der Waals surface area (Å²) in [7, 11) is 0. The van der Waals surface area contributed by atoms with E-state index < -0.39 is 37.3 Å². The quantitative estimate of drug-likeness (QED) is 0.572. The second-order valence-electron chi connectivity index (χ2n) is 8.54. The molecule has 28 heavy (non-hydrogen) atoms. The van der Waals surface area contributed by atoms with Crippen molar-refractivity contribution in [1.29, 1.82) is 0 Å². The van der Waals surface area contributed by atoms with Crippen LogP contribution < -0.4 is 0 Å². The molecule has 1 saturated heterocycles. The van der Waals surface area contributed by atoms with E-state index in [0.29, 0.717) is 6.42 Å². The number of carbonyl (C=O) groups is 1. The van der Waals surface area contributed by atoms with Crippen molar-refractivity contribution < 1.29 is 34.7 Å². The number of fused-ring (bicyclic) bond motifs is 1. The normalized spacial score (nSPS) is 31.9. The molecule has 0 aromatic heterocycles. The average Bonchev–Trinajstić information content (AvgIpc) is 2.86. The van der Waals surface area contributed by atoms with Crippen LogP contribution in [0.4, 0.5) is 0 Å². The van der Waals surface area contributed by atoms with E-state index >= 15 is 0 Å². The maximum atomic E-state index is 12.7. The molecule has 1 aromatic carbocycles. The summed E-state index contributed by atoms with van der Waals surface area (Å²) in [5, 5.41) is 39.0. The molecule has 1 fully saturated rings. The molecule has 0 spiro atoms. The van der Waals surface area contributed by atoms with E-state index in [-0.39, 0.29) is 17.8 Å². The monoisotopic (exact) mass is 394 g/mol. The molecule has 0 saturated carbocycles. The van der Waals surface area contributed by atoms with E-state index in [2.05, 4.69) is 6.07 Å². The highest BCUT2D eigenvalue weighted by molar-refractivity contribution is 6.06. The zero-order valence-corrected chi connectivity index (χ0v) is 16.8. The summed E-state index contributed by atoms with van der Waals surface area (Å²) < 4.78 is 11.0. The molecule has 2 aliphatic rings.